The number of carbonyl (C=O) groups excluding carboxylic acids is 1. The molecule has 1 aromatic heterocycles. The quantitative estimate of drug-likeness (QED) is 0.498. The van der Waals surface area contributed by atoms with Gasteiger partial charge in [0.25, 0.3) is 5.91 Å². The van der Waals surface area contributed by atoms with Crippen molar-refractivity contribution in [3.05, 3.63) is 59.8 Å². The molecule has 1 saturated heterocycles. The SMILES string of the molecule is CCCN1CCC(N(C(=O)c2ccc(S(C)(=O)=O)cc2)c2ccc3[nH]c(C(C)(C)C)cc3c2)CC1. The number of amides is 1. The molecule has 2 aromatic carbocycles. The summed E-state index contributed by atoms with van der Waals surface area (Å²) in [5, 5.41) is 1.08. The van der Waals surface area contributed by atoms with Crippen molar-refractivity contribution in [3.63, 3.8) is 0 Å². The number of sulfone groups is 1. The smallest absolute Gasteiger partial charge is 0.258 e. The number of hydrogen-bond donors (Lipinski definition) is 1. The molecule has 0 atom stereocenters. The maximum Gasteiger partial charge on any atom is 0.258 e. The Labute approximate surface area is 209 Å². The van der Waals surface area contributed by atoms with Crippen LogP contribution in [0.4, 0.5) is 5.69 Å². The number of nitrogens with one attached hydrogen (secondary N) is 1. The van der Waals surface area contributed by atoms with Gasteiger partial charge in [-0.2, -0.15) is 0 Å². The number of hydrogen-bond acceptors (Lipinski definition) is 4. The molecule has 1 amide bonds. The summed E-state index contributed by atoms with van der Waals surface area (Å²) in [4.78, 5) is 22.0. The highest BCUT2D eigenvalue weighted by molar-refractivity contribution is 7.90. The number of rotatable bonds is 6. The van der Waals surface area contributed by atoms with Crippen molar-refractivity contribution in [1.82, 2.24) is 9.88 Å². The van der Waals surface area contributed by atoms with E-state index in [1.807, 2.05) is 11.0 Å². The van der Waals surface area contributed by atoms with Crippen LogP contribution in [0.25, 0.3) is 10.9 Å². The number of likely N-dealkylation sites (tertiary alicyclic amines) is 1. The van der Waals surface area contributed by atoms with E-state index in [0.717, 1.165) is 61.2 Å². The molecule has 4 rings (SSSR count). The third-order valence-corrected chi connectivity index (χ3v) is 8.03. The van der Waals surface area contributed by atoms with E-state index in [2.05, 4.69) is 55.8 Å². The minimum atomic E-state index is -3.32. The van der Waals surface area contributed by atoms with E-state index in [4.69, 9.17) is 0 Å². The Bertz CT molecular complexity index is 1300. The van der Waals surface area contributed by atoms with Crippen molar-refractivity contribution < 1.29 is 13.2 Å². The Hall–Kier alpha value is -2.64. The summed E-state index contributed by atoms with van der Waals surface area (Å²) >= 11 is 0. The van der Waals surface area contributed by atoms with E-state index in [1.54, 1.807) is 12.1 Å². The van der Waals surface area contributed by atoms with Crippen molar-refractivity contribution >= 4 is 32.3 Å². The fraction of sp³-hybridized carbons (Fsp3) is 0.464. The van der Waals surface area contributed by atoms with Crippen LogP contribution in [-0.4, -0.2) is 56.1 Å². The number of benzene rings is 2. The Morgan fingerprint density at radius 3 is 2.29 bits per heavy atom. The van der Waals surface area contributed by atoms with Crippen LogP contribution in [0, 0.1) is 0 Å². The lowest BCUT2D eigenvalue weighted by Gasteiger charge is -2.38. The van der Waals surface area contributed by atoms with Crippen LogP contribution in [0.5, 0.6) is 0 Å². The lowest BCUT2D eigenvalue weighted by Crippen LogP contribution is -2.47. The van der Waals surface area contributed by atoms with Gasteiger partial charge in [-0.3, -0.25) is 4.79 Å². The summed E-state index contributed by atoms with van der Waals surface area (Å²) in [6, 6.07) is 14.7. The molecule has 0 spiro atoms. The van der Waals surface area contributed by atoms with Crippen LogP contribution in [-0.2, 0) is 15.3 Å². The van der Waals surface area contributed by atoms with E-state index < -0.39 is 9.84 Å². The molecule has 188 valence electrons. The molecular weight excluding hydrogens is 458 g/mol. The number of aromatic nitrogens is 1. The molecule has 1 fully saturated rings. The Morgan fingerprint density at radius 1 is 1.06 bits per heavy atom. The summed E-state index contributed by atoms with van der Waals surface area (Å²) in [5.74, 6) is -0.0927. The van der Waals surface area contributed by atoms with Crippen molar-refractivity contribution in [3.8, 4) is 0 Å². The fourth-order valence-corrected chi connectivity index (χ4v) is 5.50. The maximum atomic E-state index is 13.9. The minimum absolute atomic E-state index is 0.00214. The molecule has 7 heteroatoms. The van der Waals surface area contributed by atoms with Gasteiger partial charge in [0.05, 0.1) is 4.90 Å². The molecule has 0 bridgehead atoms. The first-order valence-corrected chi connectivity index (χ1v) is 14.4. The van der Waals surface area contributed by atoms with E-state index in [9.17, 15) is 13.2 Å². The number of piperidine rings is 1. The van der Waals surface area contributed by atoms with Crippen molar-refractivity contribution in [2.45, 2.75) is 63.3 Å². The van der Waals surface area contributed by atoms with Crippen LogP contribution in [0.3, 0.4) is 0 Å². The van der Waals surface area contributed by atoms with Gasteiger partial charge in [-0.1, -0.05) is 27.7 Å². The molecule has 35 heavy (non-hydrogen) atoms. The average Bonchev–Trinajstić information content (AvgIpc) is 3.24. The number of anilines is 1. The van der Waals surface area contributed by atoms with Crippen molar-refractivity contribution in [2.24, 2.45) is 0 Å². The third kappa shape index (κ3) is 5.62. The number of aromatic amines is 1. The van der Waals surface area contributed by atoms with Crippen LogP contribution in [0.15, 0.2) is 53.4 Å². The highest BCUT2D eigenvalue weighted by atomic mass is 32.2. The molecule has 1 N–H and O–H groups in total. The molecule has 6 nitrogen and oxygen atoms in total. The summed E-state index contributed by atoms with van der Waals surface area (Å²) < 4.78 is 23.8. The van der Waals surface area contributed by atoms with Gasteiger partial charge in [0.15, 0.2) is 9.84 Å². The first kappa shape index (κ1) is 25.5. The highest BCUT2D eigenvalue weighted by Crippen LogP contribution is 2.32. The Balaban J connectivity index is 1.71. The molecule has 3 aromatic rings. The predicted octanol–water partition coefficient (Wildman–Crippen LogP) is 5.39. The van der Waals surface area contributed by atoms with Crippen LogP contribution >= 0.6 is 0 Å². The van der Waals surface area contributed by atoms with Gasteiger partial charge in [-0.15, -0.1) is 0 Å². The molecule has 1 aliphatic heterocycles. The van der Waals surface area contributed by atoms with Crippen LogP contribution < -0.4 is 4.90 Å². The zero-order valence-corrected chi connectivity index (χ0v) is 22.3. The normalized spacial score (nSPS) is 16.0. The van der Waals surface area contributed by atoms with Gasteiger partial charge in [0.2, 0.25) is 0 Å². The summed E-state index contributed by atoms with van der Waals surface area (Å²) in [6.45, 7) is 11.8. The summed E-state index contributed by atoms with van der Waals surface area (Å²) in [5.41, 5.74) is 3.59. The monoisotopic (exact) mass is 495 g/mol. The molecule has 0 aliphatic carbocycles. The number of carbonyl (C=O) groups is 1. The lowest BCUT2D eigenvalue weighted by molar-refractivity contribution is 0.0960. The standard InChI is InChI=1S/C28H37N3O3S/c1-6-15-30-16-13-22(14-17-30)31(27(32)20-7-10-24(11-8-20)35(5,33)34)23-9-12-25-21(18-23)19-26(29-25)28(2,3)4/h7-12,18-19,22,29H,6,13-17H2,1-5H3. The fourth-order valence-electron chi connectivity index (χ4n) is 4.87. The zero-order chi connectivity index (χ0) is 25.4. The van der Waals surface area contributed by atoms with Gasteiger partial charge in [-0.05, 0) is 74.3 Å². The van der Waals surface area contributed by atoms with Crippen molar-refractivity contribution in [1.29, 1.82) is 0 Å². The average molecular weight is 496 g/mol. The van der Waals surface area contributed by atoms with Gasteiger partial charge >= 0.3 is 0 Å². The van der Waals surface area contributed by atoms with E-state index in [0.29, 0.717) is 5.56 Å². The first-order chi connectivity index (χ1) is 16.5. The molecule has 1 aliphatic rings. The zero-order valence-electron chi connectivity index (χ0n) is 21.5. The Kier molecular flexibility index (Phi) is 7.11. The second-order valence-corrected chi connectivity index (χ2v) is 12.8. The topological polar surface area (TPSA) is 73.5 Å². The molecule has 0 unspecified atom stereocenters. The summed E-state index contributed by atoms with van der Waals surface area (Å²) in [6.07, 6.45) is 4.12. The minimum Gasteiger partial charge on any atom is -0.358 e. The van der Waals surface area contributed by atoms with Gasteiger partial charge in [0.1, 0.15) is 0 Å². The van der Waals surface area contributed by atoms with E-state index >= 15 is 0 Å². The summed E-state index contributed by atoms with van der Waals surface area (Å²) in [7, 11) is -3.32. The predicted molar refractivity (Wildman–Crippen MR) is 143 cm³/mol. The molecule has 0 saturated carbocycles. The molecule has 2 heterocycles. The Morgan fingerprint density at radius 2 is 1.71 bits per heavy atom. The second kappa shape index (κ2) is 9.78. The number of nitrogens with zero attached hydrogens (tertiary/aromatic N) is 2. The molecule has 0 radical (unpaired) electrons. The van der Waals surface area contributed by atoms with E-state index in [-0.39, 0.29) is 22.3 Å². The van der Waals surface area contributed by atoms with Gasteiger partial charge < -0.3 is 14.8 Å². The maximum absolute atomic E-state index is 13.9. The molecular formula is C28H37N3O3S. The number of fused-ring (bicyclic) bond motifs is 1. The van der Waals surface area contributed by atoms with Gasteiger partial charge in [0, 0.05) is 58.6 Å². The number of H-pyrrole nitrogens is 1. The van der Waals surface area contributed by atoms with E-state index in [1.165, 1.54) is 18.4 Å². The largest absolute Gasteiger partial charge is 0.358 e. The van der Waals surface area contributed by atoms with Gasteiger partial charge in [-0.25, -0.2) is 8.42 Å². The first-order valence-electron chi connectivity index (χ1n) is 12.5. The third-order valence-electron chi connectivity index (χ3n) is 6.90. The van der Waals surface area contributed by atoms with Crippen LogP contribution in [0.2, 0.25) is 0 Å². The second-order valence-electron chi connectivity index (χ2n) is 10.7. The van der Waals surface area contributed by atoms with Crippen LogP contribution in [0.1, 0.15) is 63.0 Å². The lowest BCUT2D eigenvalue weighted by atomic mass is 9.92. The highest BCUT2D eigenvalue weighted by Gasteiger charge is 2.30. The van der Waals surface area contributed by atoms with Crippen molar-refractivity contribution in [2.75, 3.05) is 30.8 Å².